The molecule has 0 aliphatic rings. The Labute approximate surface area is 212 Å². The maximum atomic E-state index is 10.9. The van der Waals surface area contributed by atoms with Crippen molar-refractivity contribution < 1.29 is 131 Å². The molecular weight excluding hydrogens is 370 g/mol. The van der Waals surface area contributed by atoms with E-state index in [2.05, 4.69) is 0 Å². The van der Waals surface area contributed by atoms with E-state index in [0.717, 1.165) is 30.6 Å². The molecule has 11 heteroatoms. The zero-order valence-electron chi connectivity index (χ0n) is 13.4. The summed E-state index contributed by atoms with van der Waals surface area (Å²) in [6.45, 7) is 4.18. The SMILES string of the molecule is CCCCC(CC)CN(CP(=O)([O-])O)CP(=O)([O-])O.[K+].[K+]. The summed E-state index contributed by atoms with van der Waals surface area (Å²) in [5.41, 5.74) is 0. The van der Waals surface area contributed by atoms with Gasteiger partial charge in [0, 0.05) is 6.54 Å². The van der Waals surface area contributed by atoms with Crippen LogP contribution in [0.15, 0.2) is 0 Å². The Balaban J connectivity index is -0.00000162. The van der Waals surface area contributed by atoms with Crippen molar-refractivity contribution in [1.82, 2.24) is 4.90 Å². The number of nitrogens with zero attached hydrogens (tertiary/aromatic N) is 1. The molecule has 2 N–H and O–H groups in total. The van der Waals surface area contributed by atoms with Gasteiger partial charge in [0.2, 0.25) is 0 Å². The van der Waals surface area contributed by atoms with E-state index in [0.29, 0.717) is 0 Å². The van der Waals surface area contributed by atoms with Crippen LogP contribution in [-0.2, 0) is 9.13 Å². The van der Waals surface area contributed by atoms with E-state index < -0.39 is 27.8 Å². The molecule has 0 saturated heterocycles. The molecule has 0 heterocycles. The second kappa shape index (κ2) is 14.7. The number of unbranched alkanes of at least 4 members (excludes halogenated alkanes) is 1. The third-order valence-corrected chi connectivity index (χ3v) is 4.33. The fraction of sp³-hybridized carbons (Fsp3) is 1.00. The maximum Gasteiger partial charge on any atom is 1.00 e. The molecular formula is C10H23K2NO6P2. The van der Waals surface area contributed by atoms with E-state index in [1.165, 1.54) is 0 Å². The van der Waals surface area contributed by atoms with Crippen molar-refractivity contribution in [1.29, 1.82) is 0 Å². The molecule has 0 spiro atoms. The van der Waals surface area contributed by atoms with Gasteiger partial charge in [0.15, 0.2) is 0 Å². The van der Waals surface area contributed by atoms with Crippen molar-refractivity contribution in [3.63, 3.8) is 0 Å². The Morgan fingerprint density at radius 2 is 1.48 bits per heavy atom. The van der Waals surface area contributed by atoms with E-state index in [1.807, 2.05) is 13.8 Å². The van der Waals surface area contributed by atoms with Crippen molar-refractivity contribution in [2.24, 2.45) is 5.92 Å². The predicted octanol–water partition coefficient (Wildman–Crippen LogP) is -5.48. The molecule has 0 saturated carbocycles. The molecule has 0 aromatic carbocycles. The van der Waals surface area contributed by atoms with Crippen LogP contribution in [0.1, 0.15) is 39.5 Å². The molecule has 0 rings (SSSR count). The first-order valence-electron chi connectivity index (χ1n) is 6.35. The second-order valence-electron chi connectivity index (χ2n) is 4.83. The van der Waals surface area contributed by atoms with Crippen LogP contribution >= 0.6 is 15.2 Å². The summed E-state index contributed by atoms with van der Waals surface area (Å²) in [6, 6.07) is 0. The maximum absolute atomic E-state index is 10.9. The summed E-state index contributed by atoms with van der Waals surface area (Å²) in [5, 5.41) is 0. The molecule has 116 valence electrons. The van der Waals surface area contributed by atoms with Crippen LogP contribution < -0.4 is 113 Å². The van der Waals surface area contributed by atoms with Gasteiger partial charge in [-0.25, -0.2) is 0 Å². The summed E-state index contributed by atoms with van der Waals surface area (Å²) >= 11 is 0. The molecule has 0 aromatic rings. The quantitative estimate of drug-likeness (QED) is 0.280. The van der Waals surface area contributed by atoms with Gasteiger partial charge in [-0.2, -0.15) is 0 Å². The van der Waals surface area contributed by atoms with Crippen molar-refractivity contribution in [2.45, 2.75) is 39.5 Å². The van der Waals surface area contributed by atoms with E-state index >= 15 is 0 Å². The Morgan fingerprint density at radius 3 is 1.76 bits per heavy atom. The summed E-state index contributed by atoms with van der Waals surface area (Å²) in [7, 11) is -9.19. The van der Waals surface area contributed by atoms with Crippen molar-refractivity contribution in [3.8, 4) is 0 Å². The zero-order chi connectivity index (χ0) is 15.1. The molecule has 0 aliphatic heterocycles. The average Bonchev–Trinajstić information content (AvgIpc) is 2.19. The second-order valence-corrected chi connectivity index (χ2v) is 7.94. The van der Waals surface area contributed by atoms with Crippen LogP contribution in [0.5, 0.6) is 0 Å². The van der Waals surface area contributed by atoms with Crippen LogP contribution in [-0.4, -0.2) is 33.8 Å². The van der Waals surface area contributed by atoms with Gasteiger partial charge < -0.3 is 28.7 Å². The standard InChI is InChI=1S/C10H25NO6P2.2K/c1-3-5-6-10(4-2)7-11(8-18(12,13)14)9-19(15,16)17;;/h10H,3-9H2,1-2H3,(H2,12,13,14)(H2,15,16,17);;/q;2*+1/p-2. The molecule has 21 heavy (non-hydrogen) atoms. The molecule has 7 nitrogen and oxygen atoms in total. The molecule has 0 radical (unpaired) electrons. The van der Waals surface area contributed by atoms with Crippen molar-refractivity contribution >= 4 is 15.2 Å². The number of rotatable bonds is 10. The van der Waals surface area contributed by atoms with Gasteiger partial charge >= 0.3 is 103 Å². The van der Waals surface area contributed by atoms with Crippen LogP contribution in [0, 0.1) is 5.92 Å². The van der Waals surface area contributed by atoms with Gasteiger partial charge in [0.25, 0.3) is 0 Å². The zero-order valence-corrected chi connectivity index (χ0v) is 21.4. The van der Waals surface area contributed by atoms with Crippen LogP contribution in [0.25, 0.3) is 0 Å². The minimum atomic E-state index is -4.60. The van der Waals surface area contributed by atoms with E-state index in [9.17, 15) is 18.9 Å². The summed E-state index contributed by atoms with van der Waals surface area (Å²) in [6.07, 6.45) is 2.07. The molecule has 0 aromatic heterocycles. The Bertz CT molecular complexity index is 324. The fourth-order valence-electron chi connectivity index (χ4n) is 1.95. The first kappa shape index (κ1) is 29.3. The van der Waals surface area contributed by atoms with Gasteiger partial charge in [-0.3, -0.25) is 4.90 Å². The first-order chi connectivity index (χ1) is 8.57. The molecule has 0 aliphatic carbocycles. The first-order valence-corrected chi connectivity index (χ1v) is 9.88. The van der Waals surface area contributed by atoms with Gasteiger partial charge in [0.1, 0.15) is 15.2 Å². The number of hydrogen-bond acceptors (Lipinski definition) is 5. The minimum Gasteiger partial charge on any atom is -0.778 e. The molecule has 0 bridgehead atoms. The Morgan fingerprint density at radius 1 is 1.05 bits per heavy atom. The third kappa shape index (κ3) is 19.7. The summed E-state index contributed by atoms with van der Waals surface area (Å²) < 4.78 is 21.8. The topological polar surface area (TPSA) is 124 Å². The van der Waals surface area contributed by atoms with Crippen molar-refractivity contribution in [2.75, 3.05) is 19.1 Å². The fourth-order valence-corrected chi connectivity index (χ4v) is 3.55. The van der Waals surface area contributed by atoms with E-state index in [-0.39, 0.29) is 115 Å². The minimum absolute atomic E-state index is 0. The third-order valence-electron chi connectivity index (χ3n) is 2.82. The van der Waals surface area contributed by atoms with Crippen LogP contribution in [0.3, 0.4) is 0 Å². The molecule has 0 amide bonds. The predicted molar refractivity (Wildman–Crippen MR) is 69.4 cm³/mol. The largest absolute Gasteiger partial charge is 1.00 e. The summed E-state index contributed by atoms with van der Waals surface area (Å²) in [4.78, 5) is 40.5. The Hall–Kier alpha value is 3.53. The van der Waals surface area contributed by atoms with Gasteiger partial charge in [-0.1, -0.05) is 33.1 Å². The van der Waals surface area contributed by atoms with Gasteiger partial charge in [-0.15, -0.1) is 0 Å². The summed E-state index contributed by atoms with van der Waals surface area (Å²) in [5.74, 6) is 0.137. The van der Waals surface area contributed by atoms with Crippen LogP contribution in [0.2, 0.25) is 0 Å². The molecule has 0 fully saturated rings. The number of hydrogen-bond donors (Lipinski definition) is 2. The van der Waals surface area contributed by atoms with Gasteiger partial charge in [-0.05, 0) is 12.3 Å². The van der Waals surface area contributed by atoms with Crippen LogP contribution in [0.4, 0.5) is 0 Å². The smallest absolute Gasteiger partial charge is 0.778 e. The average molecular weight is 393 g/mol. The van der Waals surface area contributed by atoms with E-state index in [4.69, 9.17) is 9.79 Å². The Kier molecular flexibility index (Phi) is 20.5. The monoisotopic (exact) mass is 393 g/mol. The van der Waals surface area contributed by atoms with E-state index in [1.54, 1.807) is 0 Å². The van der Waals surface area contributed by atoms with Crippen molar-refractivity contribution in [3.05, 3.63) is 0 Å². The molecule has 3 atom stereocenters. The van der Waals surface area contributed by atoms with Gasteiger partial charge in [0.05, 0.1) is 12.6 Å². The normalized spacial score (nSPS) is 18.0. The molecule has 3 unspecified atom stereocenters.